The van der Waals surface area contributed by atoms with E-state index in [1.54, 1.807) is 0 Å². The minimum absolute atomic E-state index is 0.0311. The highest BCUT2D eigenvalue weighted by molar-refractivity contribution is 5.97. The fourth-order valence-electron chi connectivity index (χ4n) is 2.40. The highest BCUT2D eigenvalue weighted by Crippen LogP contribution is 2.32. The molecule has 1 aromatic rings. The van der Waals surface area contributed by atoms with Gasteiger partial charge in [-0.15, -0.1) is 0 Å². The number of hydrogen-bond acceptors (Lipinski definition) is 2. The molecule has 1 amide bonds. The van der Waals surface area contributed by atoms with Gasteiger partial charge in [-0.2, -0.15) is 0 Å². The predicted molar refractivity (Wildman–Crippen MR) is 65.4 cm³/mol. The molecule has 17 heavy (non-hydrogen) atoms. The Labute approximate surface area is 101 Å². The Bertz CT molecular complexity index is 413. The number of ketones is 1. The maximum absolute atomic E-state index is 11.9. The van der Waals surface area contributed by atoms with Crippen molar-refractivity contribution >= 4 is 11.7 Å². The van der Waals surface area contributed by atoms with Crippen molar-refractivity contribution < 1.29 is 9.59 Å². The topological polar surface area (TPSA) is 37.4 Å². The lowest BCUT2D eigenvalue weighted by atomic mass is 10.0. The second-order valence-electron chi connectivity index (χ2n) is 4.53. The molecule has 0 aliphatic carbocycles. The van der Waals surface area contributed by atoms with E-state index in [2.05, 4.69) is 0 Å². The molecule has 1 heterocycles. The molecule has 0 N–H and O–H groups in total. The summed E-state index contributed by atoms with van der Waals surface area (Å²) in [5.41, 5.74) is 1.17. The van der Waals surface area contributed by atoms with Crippen molar-refractivity contribution in [2.75, 3.05) is 6.54 Å². The van der Waals surface area contributed by atoms with Crippen molar-refractivity contribution in [2.45, 2.75) is 32.2 Å². The molecule has 2 rings (SSSR count). The standard InChI is InChI=1S/C14H17NO2/c1-11(16)10-14(17)15-9-5-8-13(15)12-6-3-2-4-7-12/h2-4,6-7,13H,5,8-10H2,1H3. The number of likely N-dealkylation sites (tertiary alicyclic amines) is 1. The monoisotopic (exact) mass is 231 g/mol. The lowest BCUT2D eigenvalue weighted by Gasteiger charge is -2.24. The van der Waals surface area contributed by atoms with Crippen LogP contribution in [0.25, 0.3) is 0 Å². The van der Waals surface area contributed by atoms with E-state index >= 15 is 0 Å². The second-order valence-corrected chi connectivity index (χ2v) is 4.53. The van der Waals surface area contributed by atoms with E-state index in [-0.39, 0.29) is 24.2 Å². The van der Waals surface area contributed by atoms with E-state index in [0.717, 1.165) is 19.4 Å². The molecular formula is C14H17NO2. The summed E-state index contributed by atoms with van der Waals surface area (Å²) in [5, 5.41) is 0. The van der Waals surface area contributed by atoms with E-state index in [9.17, 15) is 9.59 Å². The number of hydrogen-bond donors (Lipinski definition) is 0. The number of carbonyl (C=O) groups excluding carboxylic acids is 2. The molecule has 0 bridgehead atoms. The molecule has 90 valence electrons. The van der Waals surface area contributed by atoms with Gasteiger partial charge in [-0.05, 0) is 25.3 Å². The number of Topliss-reactive ketones (excluding diaryl/α,β-unsaturated/α-hetero) is 1. The SMILES string of the molecule is CC(=O)CC(=O)N1CCCC1c1ccccc1. The Morgan fingerprint density at radius 2 is 2.00 bits per heavy atom. The Balaban J connectivity index is 2.13. The maximum atomic E-state index is 11.9. The largest absolute Gasteiger partial charge is 0.335 e. The number of benzene rings is 1. The van der Waals surface area contributed by atoms with Gasteiger partial charge in [0.15, 0.2) is 0 Å². The van der Waals surface area contributed by atoms with E-state index in [1.807, 2.05) is 35.2 Å². The Morgan fingerprint density at radius 3 is 2.65 bits per heavy atom. The van der Waals surface area contributed by atoms with Crippen LogP contribution in [0, 0.1) is 0 Å². The highest BCUT2D eigenvalue weighted by Gasteiger charge is 2.29. The van der Waals surface area contributed by atoms with E-state index < -0.39 is 0 Å². The third-order valence-electron chi connectivity index (χ3n) is 3.16. The maximum Gasteiger partial charge on any atom is 0.230 e. The van der Waals surface area contributed by atoms with Gasteiger partial charge in [0.25, 0.3) is 0 Å². The second kappa shape index (κ2) is 5.13. The molecule has 1 aliphatic heterocycles. The first-order valence-electron chi connectivity index (χ1n) is 6.02. The number of rotatable bonds is 3. The Morgan fingerprint density at radius 1 is 1.29 bits per heavy atom. The first-order valence-corrected chi connectivity index (χ1v) is 6.02. The summed E-state index contributed by atoms with van der Waals surface area (Å²) < 4.78 is 0. The van der Waals surface area contributed by atoms with Crippen molar-refractivity contribution in [3.05, 3.63) is 35.9 Å². The minimum Gasteiger partial charge on any atom is -0.335 e. The van der Waals surface area contributed by atoms with Crippen molar-refractivity contribution in [3.63, 3.8) is 0 Å². The summed E-state index contributed by atoms with van der Waals surface area (Å²) in [6.07, 6.45) is 2.04. The average molecular weight is 231 g/mol. The zero-order valence-electron chi connectivity index (χ0n) is 10.1. The van der Waals surface area contributed by atoms with Crippen LogP contribution >= 0.6 is 0 Å². The first kappa shape index (κ1) is 11.8. The summed E-state index contributed by atoms with van der Waals surface area (Å²) in [6, 6.07) is 10.2. The van der Waals surface area contributed by atoms with Crippen LogP contribution in [0.1, 0.15) is 37.8 Å². The van der Waals surface area contributed by atoms with Crippen LogP contribution in [0.2, 0.25) is 0 Å². The van der Waals surface area contributed by atoms with Crippen molar-refractivity contribution in [3.8, 4) is 0 Å². The quantitative estimate of drug-likeness (QED) is 0.749. The zero-order chi connectivity index (χ0) is 12.3. The summed E-state index contributed by atoms with van der Waals surface area (Å²) in [5.74, 6) is -0.0995. The van der Waals surface area contributed by atoms with Crippen LogP contribution in [0.15, 0.2) is 30.3 Å². The van der Waals surface area contributed by atoms with Crippen molar-refractivity contribution in [1.82, 2.24) is 4.90 Å². The molecule has 3 nitrogen and oxygen atoms in total. The zero-order valence-corrected chi connectivity index (χ0v) is 10.1. The third kappa shape index (κ3) is 2.73. The van der Waals surface area contributed by atoms with Crippen LogP contribution < -0.4 is 0 Å². The van der Waals surface area contributed by atoms with E-state index in [4.69, 9.17) is 0 Å². The molecule has 1 unspecified atom stereocenters. The molecule has 1 saturated heterocycles. The lowest BCUT2D eigenvalue weighted by molar-refractivity contribution is -0.135. The summed E-state index contributed by atoms with van der Waals surface area (Å²) in [7, 11) is 0. The highest BCUT2D eigenvalue weighted by atomic mass is 16.2. The number of nitrogens with zero attached hydrogens (tertiary/aromatic N) is 1. The molecule has 1 aliphatic rings. The van der Waals surface area contributed by atoms with E-state index in [0.29, 0.717) is 0 Å². The Kier molecular flexibility index (Phi) is 3.57. The minimum atomic E-state index is -0.0614. The van der Waals surface area contributed by atoms with Gasteiger partial charge in [-0.25, -0.2) is 0 Å². The van der Waals surface area contributed by atoms with Crippen LogP contribution in [-0.2, 0) is 9.59 Å². The van der Waals surface area contributed by atoms with Crippen LogP contribution in [0.3, 0.4) is 0 Å². The van der Waals surface area contributed by atoms with E-state index in [1.165, 1.54) is 12.5 Å². The smallest absolute Gasteiger partial charge is 0.230 e. The van der Waals surface area contributed by atoms with Gasteiger partial charge in [-0.1, -0.05) is 30.3 Å². The summed E-state index contributed by atoms with van der Waals surface area (Å²) in [4.78, 5) is 24.8. The van der Waals surface area contributed by atoms with Gasteiger partial charge in [0.05, 0.1) is 12.5 Å². The van der Waals surface area contributed by atoms with Crippen LogP contribution in [0.5, 0.6) is 0 Å². The molecule has 0 radical (unpaired) electrons. The third-order valence-corrected chi connectivity index (χ3v) is 3.16. The van der Waals surface area contributed by atoms with Gasteiger partial charge in [0.1, 0.15) is 5.78 Å². The molecule has 0 saturated carbocycles. The van der Waals surface area contributed by atoms with Crippen molar-refractivity contribution in [1.29, 1.82) is 0 Å². The molecule has 3 heteroatoms. The van der Waals surface area contributed by atoms with Gasteiger partial charge >= 0.3 is 0 Å². The molecule has 1 aromatic carbocycles. The van der Waals surface area contributed by atoms with Gasteiger partial charge in [0.2, 0.25) is 5.91 Å². The molecule has 1 atom stereocenters. The summed E-state index contributed by atoms with van der Waals surface area (Å²) in [6.45, 7) is 2.23. The molecular weight excluding hydrogens is 214 g/mol. The number of carbonyl (C=O) groups is 2. The van der Waals surface area contributed by atoms with Crippen LogP contribution in [0.4, 0.5) is 0 Å². The van der Waals surface area contributed by atoms with Gasteiger partial charge < -0.3 is 4.90 Å². The number of amides is 1. The molecule has 0 aromatic heterocycles. The summed E-state index contributed by atoms with van der Waals surface area (Å²) >= 11 is 0. The fourth-order valence-corrected chi connectivity index (χ4v) is 2.40. The van der Waals surface area contributed by atoms with Crippen LogP contribution in [-0.4, -0.2) is 23.1 Å². The van der Waals surface area contributed by atoms with Gasteiger partial charge in [0, 0.05) is 6.54 Å². The molecule has 1 fully saturated rings. The lowest BCUT2D eigenvalue weighted by Crippen LogP contribution is -2.31. The predicted octanol–water partition coefficient (Wildman–Crippen LogP) is 2.33. The fraction of sp³-hybridized carbons (Fsp3) is 0.429. The average Bonchev–Trinajstić information content (AvgIpc) is 2.78. The first-order chi connectivity index (χ1) is 8.18. The Hall–Kier alpha value is -1.64. The normalized spacial score (nSPS) is 19.4. The van der Waals surface area contributed by atoms with Crippen molar-refractivity contribution in [2.24, 2.45) is 0 Å². The molecule has 0 spiro atoms. The van der Waals surface area contributed by atoms with Gasteiger partial charge in [-0.3, -0.25) is 9.59 Å².